The Kier molecular flexibility index (Phi) is 2.74. The smallest absolute Gasteiger partial charge is 0.268 e. The molecule has 5 nitrogen and oxygen atoms in total. The highest BCUT2D eigenvalue weighted by Crippen LogP contribution is 2.07. The summed E-state index contributed by atoms with van der Waals surface area (Å²) in [6.07, 6.45) is 0. The molecule has 0 spiro atoms. The number of benzene rings is 1. The minimum Gasteiger partial charge on any atom is -0.332 e. The molecule has 17 heavy (non-hydrogen) atoms. The number of piperazine rings is 1. The third-order valence-corrected chi connectivity index (χ3v) is 2.41. The first-order valence-corrected chi connectivity index (χ1v) is 4.99. The summed E-state index contributed by atoms with van der Waals surface area (Å²) in [5.41, 5.74) is 0.326. The summed E-state index contributed by atoms with van der Waals surface area (Å²) in [5, 5.41) is 4.58. The van der Waals surface area contributed by atoms with E-state index < -0.39 is 23.6 Å². The topological polar surface area (TPSA) is 75.3 Å². The van der Waals surface area contributed by atoms with Gasteiger partial charge in [-0.3, -0.25) is 14.4 Å². The van der Waals surface area contributed by atoms with Gasteiger partial charge in [0.2, 0.25) is 0 Å². The van der Waals surface area contributed by atoms with Crippen molar-refractivity contribution in [1.82, 2.24) is 10.6 Å². The number of carbonyl (C=O) groups is 3. The summed E-state index contributed by atoms with van der Waals surface area (Å²) < 4.78 is 0. The van der Waals surface area contributed by atoms with E-state index in [2.05, 4.69) is 17.2 Å². The zero-order chi connectivity index (χ0) is 12.4. The van der Waals surface area contributed by atoms with Gasteiger partial charge in [0.25, 0.3) is 11.8 Å². The van der Waals surface area contributed by atoms with Crippen LogP contribution < -0.4 is 10.6 Å². The van der Waals surface area contributed by atoms with E-state index in [1.807, 2.05) is 0 Å². The minimum absolute atomic E-state index is 0.0490. The molecule has 1 heterocycles. The van der Waals surface area contributed by atoms with Gasteiger partial charge in [0.1, 0.15) is 0 Å². The lowest BCUT2D eigenvalue weighted by Crippen LogP contribution is -2.57. The van der Waals surface area contributed by atoms with E-state index in [0.717, 1.165) is 0 Å². The number of Topliss-reactive ketones (excluding diaryl/α,β-unsaturated/α-hetero) is 1. The zero-order valence-corrected chi connectivity index (χ0v) is 8.90. The molecular weight excluding hydrogens is 220 g/mol. The van der Waals surface area contributed by atoms with Crippen molar-refractivity contribution in [2.75, 3.05) is 0 Å². The number of hydrogen-bond donors (Lipinski definition) is 2. The first-order valence-electron chi connectivity index (χ1n) is 4.99. The Balaban J connectivity index is 2.23. The Morgan fingerprint density at radius 2 is 1.82 bits per heavy atom. The molecule has 0 bridgehead atoms. The van der Waals surface area contributed by atoms with E-state index in [-0.39, 0.29) is 5.70 Å². The molecule has 1 atom stereocenters. The van der Waals surface area contributed by atoms with Gasteiger partial charge in [-0.15, -0.1) is 0 Å². The molecule has 0 unspecified atom stereocenters. The van der Waals surface area contributed by atoms with Crippen LogP contribution in [0.4, 0.5) is 0 Å². The molecule has 2 amide bonds. The lowest BCUT2D eigenvalue weighted by molar-refractivity contribution is -0.129. The van der Waals surface area contributed by atoms with Crippen molar-refractivity contribution in [3.8, 4) is 0 Å². The van der Waals surface area contributed by atoms with Crippen LogP contribution in [-0.4, -0.2) is 23.6 Å². The van der Waals surface area contributed by atoms with Gasteiger partial charge in [-0.2, -0.15) is 0 Å². The zero-order valence-electron chi connectivity index (χ0n) is 8.90. The molecule has 2 N–H and O–H groups in total. The highest BCUT2D eigenvalue weighted by molar-refractivity contribution is 6.19. The van der Waals surface area contributed by atoms with Crippen molar-refractivity contribution in [2.24, 2.45) is 0 Å². The second-order valence-corrected chi connectivity index (χ2v) is 3.60. The van der Waals surface area contributed by atoms with E-state index in [4.69, 9.17) is 0 Å². The number of nitrogens with one attached hydrogen (secondary N) is 2. The van der Waals surface area contributed by atoms with Crippen molar-refractivity contribution in [3.63, 3.8) is 0 Å². The van der Waals surface area contributed by atoms with Crippen LogP contribution in [0.25, 0.3) is 0 Å². The maximum Gasteiger partial charge on any atom is 0.268 e. The molecule has 1 saturated heterocycles. The number of rotatable bonds is 2. The van der Waals surface area contributed by atoms with Gasteiger partial charge in [-0.25, -0.2) is 0 Å². The predicted octanol–water partition coefficient (Wildman–Crippen LogP) is -0.00240. The molecule has 0 aliphatic carbocycles. The minimum atomic E-state index is -1.18. The van der Waals surface area contributed by atoms with Crippen LogP contribution in [0.2, 0.25) is 0 Å². The fourth-order valence-electron chi connectivity index (χ4n) is 1.52. The molecule has 0 aromatic heterocycles. The summed E-state index contributed by atoms with van der Waals surface area (Å²) in [4.78, 5) is 34.8. The van der Waals surface area contributed by atoms with Crippen LogP contribution in [0, 0.1) is 0 Å². The van der Waals surface area contributed by atoms with Crippen molar-refractivity contribution < 1.29 is 14.4 Å². The summed E-state index contributed by atoms with van der Waals surface area (Å²) in [5.74, 6) is -1.55. The Hall–Kier alpha value is -2.43. The molecule has 1 fully saturated rings. The van der Waals surface area contributed by atoms with Gasteiger partial charge in [-0.05, 0) is 0 Å². The quantitative estimate of drug-likeness (QED) is 0.426. The molecule has 5 heteroatoms. The number of carbonyl (C=O) groups excluding carboxylic acids is 3. The third kappa shape index (κ3) is 2.08. The largest absolute Gasteiger partial charge is 0.332 e. The fraction of sp³-hybridized carbons (Fsp3) is 0.0833. The molecule has 2 rings (SSSR count). The molecular formula is C12H10N2O3. The highest BCUT2D eigenvalue weighted by Gasteiger charge is 2.34. The van der Waals surface area contributed by atoms with E-state index in [9.17, 15) is 14.4 Å². The lowest BCUT2D eigenvalue weighted by Gasteiger charge is -2.23. The second-order valence-electron chi connectivity index (χ2n) is 3.60. The van der Waals surface area contributed by atoms with Gasteiger partial charge in [0.05, 0.1) is 5.70 Å². The Labute approximate surface area is 97.5 Å². The van der Waals surface area contributed by atoms with E-state index in [1.54, 1.807) is 30.3 Å². The summed E-state index contributed by atoms with van der Waals surface area (Å²) in [6.45, 7) is 3.36. The molecule has 0 radical (unpaired) electrons. The number of hydrogen-bond acceptors (Lipinski definition) is 3. The molecule has 1 aromatic carbocycles. The van der Waals surface area contributed by atoms with E-state index in [1.165, 1.54) is 0 Å². The Morgan fingerprint density at radius 3 is 2.47 bits per heavy atom. The molecule has 86 valence electrons. The average molecular weight is 230 g/mol. The average Bonchev–Trinajstić information content (AvgIpc) is 2.34. The summed E-state index contributed by atoms with van der Waals surface area (Å²) in [6, 6.07) is 7.13. The fourth-order valence-corrected chi connectivity index (χ4v) is 1.52. The molecule has 1 aromatic rings. The second kappa shape index (κ2) is 4.21. The van der Waals surface area contributed by atoms with Crippen LogP contribution >= 0.6 is 0 Å². The monoisotopic (exact) mass is 230 g/mol. The van der Waals surface area contributed by atoms with Crippen molar-refractivity contribution in [2.45, 2.75) is 6.04 Å². The Bertz CT molecular complexity index is 508. The van der Waals surface area contributed by atoms with Gasteiger partial charge >= 0.3 is 0 Å². The first kappa shape index (κ1) is 11.1. The normalized spacial score (nSPS) is 19.5. The first-order chi connectivity index (χ1) is 8.09. The number of amides is 2. The van der Waals surface area contributed by atoms with Crippen molar-refractivity contribution in [3.05, 3.63) is 48.2 Å². The van der Waals surface area contributed by atoms with Gasteiger partial charge in [0.15, 0.2) is 11.8 Å². The maximum absolute atomic E-state index is 12.0. The predicted molar refractivity (Wildman–Crippen MR) is 60.0 cm³/mol. The lowest BCUT2D eigenvalue weighted by atomic mass is 10.0. The van der Waals surface area contributed by atoms with Crippen LogP contribution in [0.5, 0.6) is 0 Å². The van der Waals surface area contributed by atoms with Crippen LogP contribution in [-0.2, 0) is 9.59 Å². The molecule has 0 saturated carbocycles. The van der Waals surface area contributed by atoms with E-state index in [0.29, 0.717) is 5.56 Å². The highest BCUT2D eigenvalue weighted by atomic mass is 16.2. The summed E-state index contributed by atoms with van der Waals surface area (Å²) >= 11 is 0. The van der Waals surface area contributed by atoms with Crippen LogP contribution in [0.1, 0.15) is 10.4 Å². The van der Waals surface area contributed by atoms with Crippen LogP contribution in [0.15, 0.2) is 42.6 Å². The maximum atomic E-state index is 12.0. The van der Waals surface area contributed by atoms with Gasteiger partial charge in [-0.1, -0.05) is 36.9 Å². The molecule has 1 aliphatic heterocycles. The number of ketones is 1. The SMILES string of the molecule is C=C1NC(=O)[C@H](C(=O)c2ccccc2)NC1=O. The van der Waals surface area contributed by atoms with Crippen molar-refractivity contribution >= 4 is 17.6 Å². The van der Waals surface area contributed by atoms with Gasteiger partial charge in [0, 0.05) is 5.56 Å². The van der Waals surface area contributed by atoms with Crippen molar-refractivity contribution in [1.29, 1.82) is 0 Å². The standard InChI is InChI=1S/C12H10N2O3/c1-7-11(16)14-9(12(17)13-7)10(15)8-5-3-2-4-6-8/h2-6,9H,1H2,(H,13,17)(H,14,16)/t9-/m0/s1. The summed E-state index contributed by atoms with van der Waals surface area (Å²) in [7, 11) is 0. The third-order valence-electron chi connectivity index (χ3n) is 2.41. The van der Waals surface area contributed by atoms with Crippen LogP contribution in [0.3, 0.4) is 0 Å². The Morgan fingerprint density at radius 1 is 1.18 bits per heavy atom. The molecule has 1 aliphatic rings. The van der Waals surface area contributed by atoms with E-state index >= 15 is 0 Å². The van der Waals surface area contributed by atoms with Gasteiger partial charge < -0.3 is 10.6 Å².